The van der Waals surface area contributed by atoms with Crippen LogP contribution in [0.5, 0.6) is 5.75 Å². The van der Waals surface area contributed by atoms with Crippen molar-refractivity contribution in [3.8, 4) is 5.75 Å². The van der Waals surface area contributed by atoms with Gasteiger partial charge in [0.25, 0.3) is 0 Å². The van der Waals surface area contributed by atoms with Crippen LogP contribution in [0.4, 0.5) is 0 Å². The summed E-state index contributed by atoms with van der Waals surface area (Å²) in [6, 6.07) is 14.9. The van der Waals surface area contributed by atoms with E-state index in [-0.39, 0.29) is 0 Å². The Bertz CT molecular complexity index is 956. The molecule has 0 unspecified atom stereocenters. The average molecular weight is 406 g/mol. The maximum Gasteiger partial charge on any atom is 0.122 e. The third kappa shape index (κ3) is 5.23. The molecule has 0 saturated carbocycles. The van der Waals surface area contributed by atoms with Gasteiger partial charge >= 0.3 is 0 Å². The molecule has 0 N–H and O–H groups in total. The lowest BCUT2D eigenvalue weighted by molar-refractivity contribution is 0.301. The van der Waals surface area contributed by atoms with E-state index in [9.17, 15) is 0 Å². The highest BCUT2D eigenvalue weighted by atomic mass is 16.5. The summed E-state index contributed by atoms with van der Waals surface area (Å²) >= 11 is 0. The highest BCUT2D eigenvalue weighted by Crippen LogP contribution is 2.21. The Labute approximate surface area is 180 Å². The molecule has 0 aliphatic carbocycles. The number of aromatic nitrogens is 2. The first kappa shape index (κ1) is 20.9. The summed E-state index contributed by atoms with van der Waals surface area (Å²) in [6.45, 7) is 9.76. The van der Waals surface area contributed by atoms with Crippen molar-refractivity contribution in [3.63, 3.8) is 0 Å². The number of para-hydroxylation sites is 2. The number of imidazole rings is 1. The normalized spacial score (nSPS) is 14.6. The number of hydrogen-bond acceptors (Lipinski definition) is 3. The smallest absolute Gasteiger partial charge is 0.122 e. The van der Waals surface area contributed by atoms with Crippen molar-refractivity contribution in [2.24, 2.45) is 0 Å². The standard InChI is InChI=1S/C26H35N3O/c1-21-13-14-25(22(2)20-21)30-19-8-7-18-29-24-11-4-3-10-23(24)27-26(29)12-9-17-28-15-5-6-16-28/h3-4,10-11,13-14,20H,5-9,12,15-19H2,1-2H3. The van der Waals surface area contributed by atoms with Gasteiger partial charge in [0.15, 0.2) is 0 Å². The van der Waals surface area contributed by atoms with Crippen LogP contribution in [-0.2, 0) is 13.0 Å². The summed E-state index contributed by atoms with van der Waals surface area (Å²) < 4.78 is 8.46. The zero-order chi connectivity index (χ0) is 20.8. The van der Waals surface area contributed by atoms with Gasteiger partial charge in [-0.05, 0) is 89.3 Å². The van der Waals surface area contributed by atoms with E-state index in [0.717, 1.165) is 43.7 Å². The number of aryl methyl sites for hydroxylation is 4. The van der Waals surface area contributed by atoms with Crippen molar-refractivity contribution < 1.29 is 4.74 Å². The van der Waals surface area contributed by atoms with Gasteiger partial charge in [0.05, 0.1) is 17.6 Å². The summed E-state index contributed by atoms with van der Waals surface area (Å²) in [5.41, 5.74) is 4.89. The van der Waals surface area contributed by atoms with Crippen LogP contribution in [0, 0.1) is 13.8 Å². The summed E-state index contributed by atoms with van der Waals surface area (Å²) in [5.74, 6) is 2.25. The van der Waals surface area contributed by atoms with E-state index < -0.39 is 0 Å². The molecule has 1 fully saturated rings. The Morgan fingerprint density at radius 2 is 1.77 bits per heavy atom. The van der Waals surface area contributed by atoms with Gasteiger partial charge in [-0.15, -0.1) is 0 Å². The lowest BCUT2D eigenvalue weighted by atomic mass is 10.1. The molecule has 1 aromatic heterocycles. The molecule has 1 saturated heterocycles. The molecule has 4 rings (SSSR count). The quantitative estimate of drug-likeness (QED) is 0.415. The highest BCUT2D eigenvalue weighted by molar-refractivity contribution is 5.75. The molecular formula is C26H35N3O. The number of nitrogens with zero attached hydrogens (tertiary/aromatic N) is 3. The molecule has 2 aromatic carbocycles. The Hall–Kier alpha value is -2.33. The summed E-state index contributed by atoms with van der Waals surface area (Å²) in [7, 11) is 0. The molecule has 4 nitrogen and oxygen atoms in total. The van der Waals surface area contributed by atoms with Gasteiger partial charge in [0, 0.05) is 13.0 Å². The van der Waals surface area contributed by atoms with Crippen LogP contribution in [0.3, 0.4) is 0 Å². The van der Waals surface area contributed by atoms with Crippen LogP contribution in [0.1, 0.15) is 49.1 Å². The molecule has 2 heterocycles. The minimum Gasteiger partial charge on any atom is -0.493 e. The molecule has 1 aliphatic heterocycles. The maximum absolute atomic E-state index is 6.02. The van der Waals surface area contributed by atoms with Crippen LogP contribution in [0.15, 0.2) is 42.5 Å². The molecule has 0 atom stereocenters. The van der Waals surface area contributed by atoms with Crippen LogP contribution in [-0.4, -0.2) is 40.7 Å². The fourth-order valence-corrected chi connectivity index (χ4v) is 4.55. The zero-order valence-corrected chi connectivity index (χ0v) is 18.6. The lowest BCUT2D eigenvalue weighted by Gasteiger charge is -2.15. The fraction of sp³-hybridized carbons (Fsp3) is 0.500. The van der Waals surface area contributed by atoms with Crippen molar-refractivity contribution in [2.45, 2.75) is 58.9 Å². The predicted molar refractivity (Wildman–Crippen MR) is 124 cm³/mol. The number of rotatable bonds is 10. The number of hydrogen-bond donors (Lipinski definition) is 0. The maximum atomic E-state index is 6.02. The van der Waals surface area contributed by atoms with Crippen molar-refractivity contribution in [1.29, 1.82) is 0 Å². The van der Waals surface area contributed by atoms with E-state index in [1.165, 1.54) is 61.4 Å². The van der Waals surface area contributed by atoms with Gasteiger partial charge in [-0.25, -0.2) is 4.98 Å². The molecule has 160 valence electrons. The van der Waals surface area contributed by atoms with E-state index in [0.29, 0.717) is 0 Å². The molecule has 3 aromatic rings. The third-order valence-corrected chi connectivity index (χ3v) is 6.17. The first-order chi connectivity index (χ1) is 14.7. The van der Waals surface area contributed by atoms with Gasteiger partial charge in [-0.1, -0.05) is 29.8 Å². The van der Waals surface area contributed by atoms with E-state index in [1.807, 2.05) is 0 Å². The number of unbranched alkanes of at least 4 members (excludes halogenated alkanes) is 1. The minimum atomic E-state index is 0.765. The van der Waals surface area contributed by atoms with E-state index in [4.69, 9.17) is 9.72 Å². The van der Waals surface area contributed by atoms with Crippen molar-refractivity contribution in [2.75, 3.05) is 26.2 Å². The van der Waals surface area contributed by atoms with Crippen LogP contribution < -0.4 is 4.74 Å². The molecule has 0 spiro atoms. The predicted octanol–water partition coefficient (Wildman–Crippen LogP) is 5.54. The lowest BCUT2D eigenvalue weighted by Crippen LogP contribution is -2.21. The molecular weight excluding hydrogens is 370 g/mol. The van der Waals surface area contributed by atoms with Gasteiger partial charge in [-0.3, -0.25) is 0 Å². The van der Waals surface area contributed by atoms with Crippen molar-refractivity contribution >= 4 is 11.0 Å². The number of ether oxygens (including phenoxy) is 1. The van der Waals surface area contributed by atoms with Gasteiger partial charge in [0.2, 0.25) is 0 Å². The molecule has 1 aliphatic rings. The fourth-order valence-electron chi connectivity index (χ4n) is 4.55. The average Bonchev–Trinajstić information content (AvgIpc) is 3.37. The Morgan fingerprint density at radius 3 is 2.60 bits per heavy atom. The molecule has 0 bridgehead atoms. The van der Waals surface area contributed by atoms with Crippen molar-refractivity contribution in [3.05, 3.63) is 59.4 Å². The Balaban J connectivity index is 1.31. The van der Waals surface area contributed by atoms with Crippen LogP contribution >= 0.6 is 0 Å². The number of likely N-dealkylation sites (tertiary alicyclic amines) is 1. The zero-order valence-electron chi connectivity index (χ0n) is 18.6. The van der Waals surface area contributed by atoms with Gasteiger partial charge in [-0.2, -0.15) is 0 Å². The van der Waals surface area contributed by atoms with E-state index >= 15 is 0 Å². The van der Waals surface area contributed by atoms with Crippen molar-refractivity contribution in [1.82, 2.24) is 14.5 Å². The van der Waals surface area contributed by atoms with Gasteiger partial charge < -0.3 is 14.2 Å². The second-order valence-electron chi connectivity index (χ2n) is 8.65. The summed E-state index contributed by atoms with van der Waals surface area (Å²) in [4.78, 5) is 7.55. The second-order valence-corrected chi connectivity index (χ2v) is 8.65. The Morgan fingerprint density at radius 1 is 0.933 bits per heavy atom. The molecule has 30 heavy (non-hydrogen) atoms. The van der Waals surface area contributed by atoms with Gasteiger partial charge in [0.1, 0.15) is 11.6 Å². The minimum absolute atomic E-state index is 0.765. The highest BCUT2D eigenvalue weighted by Gasteiger charge is 2.13. The molecule has 4 heteroatoms. The largest absolute Gasteiger partial charge is 0.493 e. The number of benzene rings is 2. The van der Waals surface area contributed by atoms with Crippen LogP contribution in [0.25, 0.3) is 11.0 Å². The first-order valence-corrected chi connectivity index (χ1v) is 11.6. The summed E-state index contributed by atoms with van der Waals surface area (Å²) in [6.07, 6.45) is 7.13. The third-order valence-electron chi connectivity index (χ3n) is 6.17. The monoisotopic (exact) mass is 405 g/mol. The first-order valence-electron chi connectivity index (χ1n) is 11.6. The topological polar surface area (TPSA) is 30.3 Å². The molecule has 0 radical (unpaired) electrons. The SMILES string of the molecule is Cc1ccc(OCCCCn2c(CCCN3CCCC3)nc3ccccc32)c(C)c1. The van der Waals surface area contributed by atoms with E-state index in [1.54, 1.807) is 0 Å². The summed E-state index contributed by atoms with van der Waals surface area (Å²) in [5, 5.41) is 0. The van der Waals surface area contributed by atoms with Crippen LogP contribution in [0.2, 0.25) is 0 Å². The second kappa shape index (κ2) is 10.1. The van der Waals surface area contributed by atoms with E-state index in [2.05, 4.69) is 65.8 Å². The Kier molecular flexibility index (Phi) is 7.06. The molecule has 0 amide bonds. The number of fused-ring (bicyclic) bond motifs is 1.